The molecule has 2 aromatic heterocycles. The minimum atomic E-state index is -0.514. The maximum atomic E-state index is 13.8. The summed E-state index contributed by atoms with van der Waals surface area (Å²) in [7, 11) is 0. The van der Waals surface area contributed by atoms with Gasteiger partial charge in [-0.25, -0.2) is 4.79 Å². The van der Waals surface area contributed by atoms with Gasteiger partial charge in [0.15, 0.2) is 0 Å². The van der Waals surface area contributed by atoms with Crippen molar-refractivity contribution in [2.45, 2.75) is 37.3 Å². The summed E-state index contributed by atoms with van der Waals surface area (Å²) in [5, 5.41) is 11.4. The third kappa shape index (κ3) is 8.94. The molecule has 4 N–H and O–H groups in total. The molecule has 0 spiro atoms. The van der Waals surface area contributed by atoms with Crippen LogP contribution in [0.4, 0.5) is 10.7 Å². The number of hydrogen-bond donors (Lipinski definition) is 4. The normalized spacial score (nSPS) is 11.9. The summed E-state index contributed by atoms with van der Waals surface area (Å²) >= 11 is 2.63. The van der Waals surface area contributed by atoms with E-state index in [2.05, 4.69) is 20.9 Å². The van der Waals surface area contributed by atoms with Crippen molar-refractivity contribution in [1.29, 1.82) is 0 Å². The Balaban J connectivity index is 1.20. The maximum Gasteiger partial charge on any atom is 0.341 e. The summed E-state index contributed by atoms with van der Waals surface area (Å²) in [6.45, 7) is 5.86. The van der Waals surface area contributed by atoms with Crippen LogP contribution in [-0.4, -0.2) is 40.5 Å². The Morgan fingerprint density at radius 2 is 1.64 bits per heavy atom. The summed E-state index contributed by atoms with van der Waals surface area (Å²) in [6, 6.07) is 31.4. The quantitative estimate of drug-likeness (QED) is 0.0531. The van der Waals surface area contributed by atoms with Crippen LogP contribution in [0.25, 0.3) is 28.1 Å². The molecule has 0 bridgehead atoms. The number of carbonyl (C=O) groups excluding carboxylic acids is 4. The predicted octanol–water partition coefficient (Wildman–Crippen LogP) is 9.30. The number of ether oxygens (including phenoxy) is 1. The van der Waals surface area contributed by atoms with Crippen LogP contribution >= 0.6 is 23.1 Å². The van der Waals surface area contributed by atoms with Gasteiger partial charge >= 0.3 is 5.97 Å². The first kappa shape index (κ1) is 36.9. The summed E-state index contributed by atoms with van der Waals surface area (Å²) < 4.78 is 5.38. The van der Waals surface area contributed by atoms with Gasteiger partial charge in [0.05, 0.1) is 11.9 Å². The van der Waals surface area contributed by atoms with Crippen molar-refractivity contribution >= 4 is 74.5 Å². The summed E-state index contributed by atoms with van der Waals surface area (Å²) in [6.07, 6.45) is 3.93. The Hall–Kier alpha value is -5.91. The van der Waals surface area contributed by atoms with E-state index in [-0.39, 0.29) is 18.2 Å². The van der Waals surface area contributed by atoms with Gasteiger partial charge in [0.25, 0.3) is 11.8 Å². The number of thiophene rings is 1. The van der Waals surface area contributed by atoms with Crippen molar-refractivity contribution in [1.82, 2.24) is 10.3 Å². The highest BCUT2D eigenvalue weighted by atomic mass is 32.2. The molecule has 9 nitrogen and oxygen atoms in total. The first-order valence-corrected chi connectivity index (χ1v) is 18.9. The van der Waals surface area contributed by atoms with Crippen molar-refractivity contribution in [2.75, 3.05) is 17.2 Å². The number of para-hydroxylation sites is 1. The van der Waals surface area contributed by atoms with Crippen LogP contribution in [-0.2, 0) is 14.3 Å². The van der Waals surface area contributed by atoms with Crippen molar-refractivity contribution in [2.24, 2.45) is 0 Å². The van der Waals surface area contributed by atoms with E-state index in [0.717, 1.165) is 32.5 Å². The second-order valence-electron chi connectivity index (χ2n) is 12.1. The number of esters is 1. The van der Waals surface area contributed by atoms with Gasteiger partial charge in [-0.1, -0.05) is 79.2 Å². The lowest BCUT2D eigenvalue weighted by molar-refractivity contribution is -0.116. The topological polar surface area (TPSA) is 129 Å². The van der Waals surface area contributed by atoms with E-state index in [9.17, 15) is 19.2 Å². The lowest BCUT2D eigenvalue weighted by atomic mass is 10.0. The van der Waals surface area contributed by atoms with Crippen LogP contribution < -0.4 is 16.0 Å². The Labute approximate surface area is 315 Å². The van der Waals surface area contributed by atoms with Gasteiger partial charge in [0.2, 0.25) is 5.91 Å². The molecular formula is C42H38N4O5S2. The SMILES string of the molecule is CCOC(=O)c1c(-c2ccc(C)cc2)csc1NC(=O)C(CC)Sc1cccc(NC(=O)/C(=C/c2c[nH]c3ccccc23)NC(=O)c2ccccc2)c1. The number of H-pyrrole nitrogens is 1. The van der Waals surface area contributed by atoms with E-state index in [1.165, 1.54) is 23.1 Å². The van der Waals surface area contributed by atoms with Crippen molar-refractivity contribution in [3.8, 4) is 11.1 Å². The largest absolute Gasteiger partial charge is 0.462 e. The first-order chi connectivity index (χ1) is 25.7. The lowest BCUT2D eigenvalue weighted by Gasteiger charge is -2.16. The fourth-order valence-corrected chi connectivity index (χ4v) is 7.61. The Kier molecular flexibility index (Phi) is 11.9. The number of anilines is 2. The van der Waals surface area contributed by atoms with Gasteiger partial charge in [-0.15, -0.1) is 23.1 Å². The molecule has 2 heterocycles. The van der Waals surface area contributed by atoms with Crippen LogP contribution in [0.5, 0.6) is 0 Å². The highest BCUT2D eigenvalue weighted by molar-refractivity contribution is 8.00. The van der Waals surface area contributed by atoms with E-state index in [4.69, 9.17) is 4.74 Å². The zero-order valence-corrected chi connectivity index (χ0v) is 31.0. The minimum Gasteiger partial charge on any atom is -0.462 e. The second-order valence-corrected chi connectivity index (χ2v) is 14.2. The van der Waals surface area contributed by atoms with Gasteiger partial charge in [0.1, 0.15) is 16.3 Å². The molecule has 4 aromatic carbocycles. The zero-order valence-electron chi connectivity index (χ0n) is 29.4. The monoisotopic (exact) mass is 742 g/mol. The zero-order chi connectivity index (χ0) is 37.3. The molecule has 6 aromatic rings. The molecule has 0 aliphatic heterocycles. The molecule has 1 atom stereocenters. The highest BCUT2D eigenvalue weighted by Crippen LogP contribution is 2.37. The van der Waals surface area contributed by atoms with Gasteiger partial charge in [0, 0.05) is 49.8 Å². The van der Waals surface area contributed by atoms with E-state index in [1.807, 2.05) is 79.9 Å². The van der Waals surface area contributed by atoms with E-state index >= 15 is 0 Å². The van der Waals surface area contributed by atoms with E-state index in [0.29, 0.717) is 33.8 Å². The Bertz CT molecular complexity index is 2290. The van der Waals surface area contributed by atoms with E-state index in [1.54, 1.807) is 61.7 Å². The number of thioether (sulfide) groups is 1. The second kappa shape index (κ2) is 17.1. The number of rotatable bonds is 13. The molecule has 0 saturated heterocycles. The van der Waals surface area contributed by atoms with Crippen LogP contribution in [0.3, 0.4) is 0 Å². The summed E-state index contributed by atoms with van der Waals surface area (Å²) in [4.78, 5) is 57.7. The first-order valence-electron chi connectivity index (χ1n) is 17.1. The molecule has 268 valence electrons. The minimum absolute atomic E-state index is 0.0610. The molecule has 6 rings (SSSR count). The average Bonchev–Trinajstić information content (AvgIpc) is 3.78. The van der Waals surface area contributed by atoms with Gasteiger partial charge in [-0.2, -0.15) is 0 Å². The molecule has 0 saturated carbocycles. The van der Waals surface area contributed by atoms with Gasteiger partial charge < -0.3 is 25.7 Å². The maximum absolute atomic E-state index is 13.8. The van der Waals surface area contributed by atoms with Crippen molar-refractivity contribution < 1.29 is 23.9 Å². The molecule has 53 heavy (non-hydrogen) atoms. The molecule has 0 aliphatic carbocycles. The number of carbonyl (C=O) groups is 4. The number of nitrogens with one attached hydrogen (secondary N) is 4. The van der Waals surface area contributed by atoms with Gasteiger partial charge in [-0.3, -0.25) is 14.4 Å². The number of benzene rings is 4. The van der Waals surface area contributed by atoms with Crippen LogP contribution in [0, 0.1) is 6.92 Å². The molecule has 1 unspecified atom stereocenters. The number of amides is 3. The molecule has 3 amide bonds. The predicted molar refractivity (Wildman–Crippen MR) is 214 cm³/mol. The number of aromatic amines is 1. The van der Waals surface area contributed by atoms with Crippen molar-refractivity contribution in [3.05, 3.63) is 143 Å². The number of aryl methyl sites for hydroxylation is 1. The van der Waals surface area contributed by atoms with Gasteiger partial charge in [-0.05, 0) is 68.3 Å². The third-order valence-corrected chi connectivity index (χ3v) is 10.6. The highest BCUT2D eigenvalue weighted by Gasteiger charge is 2.26. The molecular weight excluding hydrogens is 705 g/mol. The third-order valence-electron chi connectivity index (χ3n) is 8.35. The number of hydrogen-bond acceptors (Lipinski definition) is 7. The summed E-state index contributed by atoms with van der Waals surface area (Å²) in [5.41, 5.74) is 5.58. The molecule has 0 fully saturated rings. The van der Waals surface area contributed by atoms with E-state index < -0.39 is 23.0 Å². The standard InChI is InChI=1S/C42H38N4O5S2/c1-4-36(40(49)46-41-37(42(50)51-5-2)33(25-52-41)27-20-18-26(3)19-21-27)53-31-15-11-14-30(23-31)44-39(48)35(45-38(47)28-12-7-6-8-13-28)22-29-24-43-34-17-10-9-16-32(29)34/h6-25,36,43H,4-5H2,1-3H3,(H,44,48)(H,45,47)(H,46,49)/b35-22-. The summed E-state index contributed by atoms with van der Waals surface area (Å²) in [5.74, 6) is -1.69. The molecule has 0 radical (unpaired) electrons. The van der Waals surface area contributed by atoms with Crippen LogP contribution in [0.1, 0.15) is 52.1 Å². The number of aromatic nitrogens is 1. The smallest absolute Gasteiger partial charge is 0.341 e. The fourth-order valence-electron chi connectivity index (χ4n) is 5.64. The molecule has 0 aliphatic rings. The van der Waals surface area contributed by atoms with Crippen LogP contribution in [0.2, 0.25) is 0 Å². The van der Waals surface area contributed by atoms with Crippen molar-refractivity contribution in [3.63, 3.8) is 0 Å². The average molecular weight is 743 g/mol. The fraction of sp³-hybridized carbons (Fsp3) is 0.143. The Morgan fingerprint density at radius 1 is 0.887 bits per heavy atom. The lowest BCUT2D eigenvalue weighted by Crippen LogP contribution is -2.30. The number of fused-ring (bicyclic) bond motifs is 1. The molecule has 11 heteroatoms. The Morgan fingerprint density at radius 3 is 2.40 bits per heavy atom. The van der Waals surface area contributed by atoms with Crippen LogP contribution in [0.15, 0.2) is 125 Å².